The molecule has 1 aromatic heterocycles. The summed E-state index contributed by atoms with van der Waals surface area (Å²) in [5, 5.41) is 3.35. The molecule has 0 aliphatic carbocycles. The fourth-order valence-corrected chi connectivity index (χ4v) is 2.72. The van der Waals surface area contributed by atoms with E-state index in [1.54, 1.807) is 12.3 Å². The van der Waals surface area contributed by atoms with Gasteiger partial charge in [0.25, 0.3) is 0 Å². The molecule has 0 radical (unpaired) electrons. The molecule has 20 heavy (non-hydrogen) atoms. The maximum Gasteiger partial charge on any atom is 0.137 e. The van der Waals surface area contributed by atoms with Gasteiger partial charge in [-0.25, -0.2) is 4.98 Å². The largest absolute Gasteiger partial charge is 0.384 e. The van der Waals surface area contributed by atoms with Crippen molar-refractivity contribution in [3.8, 4) is 0 Å². The predicted molar refractivity (Wildman–Crippen MR) is 79.7 cm³/mol. The van der Waals surface area contributed by atoms with E-state index in [1.807, 2.05) is 18.2 Å². The lowest BCUT2D eigenvalue weighted by Crippen LogP contribution is -2.11. The topological polar surface area (TPSA) is 68.0 Å². The summed E-state index contributed by atoms with van der Waals surface area (Å²) in [5.74, 6) is 0.972. The van der Waals surface area contributed by atoms with Crippen LogP contribution in [0.25, 0.3) is 0 Å². The lowest BCUT2D eigenvalue weighted by molar-refractivity contribution is -0.118. The number of anilines is 2. The van der Waals surface area contributed by atoms with E-state index in [-0.39, 0.29) is 11.7 Å². The molecule has 0 amide bonds. The molecular formula is C16H17N3O. The molecule has 3 rings (SSSR count). The lowest BCUT2D eigenvalue weighted by atomic mass is 9.93. The van der Waals surface area contributed by atoms with E-state index >= 15 is 0 Å². The van der Waals surface area contributed by atoms with E-state index in [4.69, 9.17) is 5.73 Å². The standard InChI is InChI=1S/C16H17N3O/c17-16-8-11(5-6-18-16)7-13(20)9-12-10-19-15-4-2-1-3-14(12)15/h1-6,8,12,19H,7,9-10H2,(H2,17,18). The Kier molecular flexibility index (Phi) is 3.37. The summed E-state index contributed by atoms with van der Waals surface area (Å²) >= 11 is 0. The van der Waals surface area contributed by atoms with Crippen molar-refractivity contribution in [1.29, 1.82) is 0 Å². The average molecular weight is 267 g/mol. The maximum atomic E-state index is 12.2. The summed E-state index contributed by atoms with van der Waals surface area (Å²) in [7, 11) is 0. The van der Waals surface area contributed by atoms with Crippen molar-refractivity contribution in [1.82, 2.24) is 4.98 Å². The van der Waals surface area contributed by atoms with Crippen LogP contribution in [0, 0.1) is 0 Å². The number of fused-ring (bicyclic) bond motifs is 1. The van der Waals surface area contributed by atoms with Crippen LogP contribution in [0.4, 0.5) is 11.5 Å². The van der Waals surface area contributed by atoms with Crippen molar-refractivity contribution >= 4 is 17.3 Å². The van der Waals surface area contributed by atoms with Gasteiger partial charge < -0.3 is 11.1 Å². The highest BCUT2D eigenvalue weighted by Gasteiger charge is 2.23. The minimum Gasteiger partial charge on any atom is -0.384 e. The molecular weight excluding hydrogens is 250 g/mol. The molecule has 4 heteroatoms. The first kappa shape index (κ1) is 12.7. The van der Waals surface area contributed by atoms with Crippen molar-refractivity contribution in [2.24, 2.45) is 0 Å². The molecule has 3 N–H and O–H groups in total. The minimum atomic E-state index is 0.235. The van der Waals surface area contributed by atoms with Crippen LogP contribution in [0.3, 0.4) is 0 Å². The number of hydrogen-bond donors (Lipinski definition) is 2. The van der Waals surface area contributed by atoms with Gasteiger partial charge in [0.1, 0.15) is 11.6 Å². The molecule has 102 valence electrons. The van der Waals surface area contributed by atoms with Crippen LogP contribution < -0.4 is 11.1 Å². The second-order valence-electron chi connectivity index (χ2n) is 5.17. The van der Waals surface area contributed by atoms with E-state index < -0.39 is 0 Å². The number of nitrogens with zero attached hydrogens (tertiary/aromatic N) is 1. The smallest absolute Gasteiger partial charge is 0.137 e. The normalized spacial score (nSPS) is 16.5. The molecule has 1 aliphatic heterocycles. The third-order valence-electron chi connectivity index (χ3n) is 3.66. The highest BCUT2D eigenvalue weighted by atomic mass is 16.1. The third kappa shape index (κ3) is 2.64. The first-order chi connectivity index (χ1) is 9.72. The van der Waals surface area contributed by atoms with Crippen LogP contribution in [-0.2, 0) is 11.2 Å². The van der Waals surface area contributed by atoms with Gasteiger partial charge in [0.05, 0.1) is 0 Å². The molecule has 0 saturated heterocycles. The highest BCUT2D eigenvalue weighted by Crippen LogP contribution is 2.33. The Morgan fingerprint density at radius 3 is 3.05 bits per heavy atom. The van der Waals surface area contributed by atoms with Gasteiger partial charge in [-0.15, -0.1) is 0 Å². The van der Waals surface area contributed by atoms with E-state index in [2.05, 4.69) is 22.4 Å². The summed E-state index contributed by atoms with van der Waals surface area (Å²) in [6.07, 6.45) is 2.63. The Hall–Kier alpha value is -2.36. The minimum absolute atomic E-state index is 0.235. The lowest BCUT2D eigenvalue weighted by Gasteiger charge is -2.09. The van der Waals surface area contributed by atoms with Crippen LogP contribution in [0.1, 0.15) is 23.5 Å². The van der Waals surface area contributed by atoms with Gasteiger partial charge in [-0.3, -0.25) is 4.79 Å². The number of pyridine rings is 1. The van der Waals surface area contributed by atoms with Gasteiger partial charge in [-0.1, -0.05) is 18.2 Å². The van der Waals surface area contributed by atoms with Crippen molar-refractivity contribution in [2.75, 3.05) is 17.6 Å². The van der Waals surface area contributed by atoms with Gasteiger partial charge in [-0.2, -0.15) is 0 Å². The van der Waals surface area contributed by atoms with E-state index in [0.717, 1.165) is 17.8 Å². The van der Waals surface area contributed by atoms with Gasteiger partial charge in [0, 0.05) is 37.2 Å². The predicted octanol–water partition coefficient (Wildman–Crippen LogP) is 2.37. The van der Waals surface area contributed by atoms with Gasteiger partial charge in [-0.05, 0) is 29.3 Å². The second-order valence-corrected chi connectivity index (χ2v) is 5.17. The number of carbonyl (C=O) groups excluding carboxylic acids is 1. The molecule has 0 bridgehead atoms. The summed E-state index contributed by atoms with van der Waals surface area (Å²) < 4.78 is 0. The number of nitrogens with two attached hydrogens (primary N) is 1. The van der Waals surface area contributed by atoms with Gasteiger partial charge >= 0.3 is 0 Å². The van der Waals surface area contributed by atoms with Crippen LogP contribution >= 0.6 is 0 Å². The van der Waals surface area contributed by atoms with E-state index in [1.165, 1.54) is 5.56 Å². The molecule has 1 atom stereocenters. The zero-order valence-corrected chi connectivity index (χ0v) is 11.2. The number of carbonyl (C=O) groups is 1. The van der Waals surface area contributed by atoms with E-state index in [0.29, 0.717) is 18.7 Å². The fourth-order valence-electron chi connectivity index (χ4n) is 2.72. The number of Topliss-reactive ketones (excluding diaryl/α,β-unsaturated/α-hetero) is 1. The Morgan fingerprint density at radius 1 is 1.35 bits per heavy atom. The number of ketones is 1. The van der Waals surface area contributed by atoms with Gasteiger partial charge in [0.2, 0.25) is 0 Å². The van der Waals surface area contributed by atoms with Crippen LogP contribution in [0.5, 0.6) is 0 Å². The fraction of sp³-hybridized carbons (Fsp3) is 0.250. The first-order valence-electron chi connectivity index (χ1n) is 6.77. The molecule has 1 aliphatic rings. The van der Waals surface area contributed by atoms with Crippen LogP contribution in [0.15, 0.2) is 42.6 Å². The number of hydrogen-bond acceptors (Lipinski definition) is 4. The third-order valence-corrected chi connectivity index (χ3v) is 3.66. The molecule has 4 nitrogen and oxygen atoms in total. The maximum absolute atomic E-state index is 12.2. The zero-order chi connectivity index (χ0) is 13.9. The summed E-state index contributed by atoms with van der Waals surface area (Å²) in [4.78, 5) is 16.1. The highest BCUT2D eigenvalue weighted by molar-refractivity contribution is 5.82. The Bertz CT molecular complexity index is 639. The molecule has 0 saturated carbocycles. The monoisotopic (exact) mass is 267 g/mol. The molecule has 2 heterocycles. The quantitative estimate of drug-likeness (QED) is 0.892. The molecule has 2 aromatic rings. The molecule has 0 fully saturated rings. The van der Waals surface area contributed by atoms with E-state index in [9.17, 15) is 4.79 Å². The molecule has 1 aromatic carbocycles. The number of aromatic nitrogens is 1. The van der Waals surface area contributed by atoms with Crippen molar-refractivity contribution < 1.29 is 4.79 Å². The molecule has 1 unspecified atom stereocenters. The Labute approximate surface area is 118 Å². The van der Waals surface area contributed by atoms with Crippen LogP contribution in [-0.4, -0.2) is 17.3 Å². The number of rotatable bonds is 4. The van der Waals surface area contributed by atoms with Crippen LogP contribution in [0.2, 0.25) is 0 Å². The second kappa shape index (κ2) is 5.33. The summed E-state index contributed by atoms with van der Waals surface area (Å²) in [6, 6.07) is 11.8. The summed E-state index contributed by atoms with van der Waals surface area (Å²) in [6.45, 7) is 0.837. The van der Waals surface area contributed by atoms with Crippen molar-refractivity contribution in [3.63, 3.8) is 0 Å². The number of para-hydroxylation sites is 1. The van der Waals surface area contributed by atoms with Gasteiger partial charge in [0.15, 0.2) is 0 Å². The van der Waals surface area contributed by atoms with Crippen molar-refractivity contribution in [2.45, 2.75) is 18.8 Å². The number of benzene rings is 1. The SMILES string of the molecule is Nc1cc(CC(=O)CC2CNc3ccccc32)ccn1. The first-order valence-corrected chi connectivity index (χ1v) is 6.77. The Balaban J connectivity index is 1.66. The number of nitrogen functional groups attached to an aromatic ring is 1. The zero-order valence-electron chi connectivity index (χ0n) is 11.2. The average Bonchev–Trinajstić information content (AvgIpc) is 2.82. The number of nitrogens with one attached hydrogen (secondary N) is 1. The van der Waals surface area contributed by atoms with Crippen molar-refractivity contribution in [3.05, 3.63) is 53.7 Å². The molecule has 0 spiro atoms. The Morgan fingerprint density at radius 2 is 2.20 bits per heavy atom. The summed E-state index contributed by atoms with van der Waals surface area (Å²) in [5.41, 5.74) is 8.96.